The molecule has 30 heavy (non-hydrogen) atoms. The molecule has 1 amide bonds. The van der Waals surface area contributed by atoms with Crippen molar-refractivity contribution in [2.75, 3.05) is 44.2 Å². The number of amides is 1. The highest BCUT2D eigenvalue weighted by Crippen LogP contribution is 2.26. The largest absolute Gasteiger partial charge is 0.343 e. The quantitative estimate of drug-likeness (QED) is 0.727. The van der Waals surface area contributed by atoms with Crippen LogP contribution in [0, 0.1) is 5.82 Å². The Bertz CT molecular complexity index is 956. The summed E-state index contributed by atoms with van der Waals surface area (Å²) in [6.45, 7) is 3.33. The standard InChI is InChI=1S/C21H26FN3O3S2/c22-17-5-3-16(4-6-17)21(19-2-1-12-29-19)23-20(26)14-24-8-10-25(11-9-24)18-7-13-30(27,28)15-18/h1-6,12,18,21H,7-11,13-15H2,(H,23,26)/t18-,21+/m1/s1. The minimum Gasteiger partial charge on any atom is -0.343 e. The smallest absolute Gasteiger partial charge is 0.234 e. The fraction of sp³-hybridized carbons (Fsp3) is 0.476. The van der Waals surface area contributed by atoms with Crippen LogP contribution in [0.15, 0.2) is 41.8 Å². The van der Waals surface area contributed by atoms with Gasteiger partial charge in [0.2, 0.25) is 5.91 Å². The normalized spacial score (nSPS) is 23.3. The highest BCUT2D eigenvalue weighted by atomic mass is 32.2. The van der Waals surface area contributed by atoms with Crippen molar-refractivity contribution in [2.24, 2.45) is 0 Å². The molecule has 162 valence electrons. The number of piperazine rings is 1. The van der Waals surface area contributed by atoms with E-state index in [2.05, 4.69) is 15.1 Å². The molecule has 1 N–H and O–H groups in total. The van der Waals surface area contributed by atoms with Gasteiger partial charge in [-0.05, 0) is 35.6 Å². The summed E-state index contributed by atoms with van der Waals surface area (Å²) in [5.41, 5.74) is 0.847. The maximum absolute atomic E-state index is 13.3. The van der Waals surface area contributed by atoms with E-state index in [4.69, 9.17) is 0 Å². The molecule has 9 heteroatoms. The summed E-state index contributed by atoms with van der Waals surface area (Å²) >= 11 is 1.55. The number of benzene rings is 1. The van der Waals surface area contributed by atoms with Gasteiger partial charge in [0.15, 0.2) is 9.84 Å². The molecule has 2 saturated heterocycles. The van der Waals surface area contributed by atoms with Crippen molar-refractivity contribution < 1.29 is 17.6 Å². The SMILES string of the molecule is O=C(CN1CCN([C@@H]2CCS(=O)(=O)C2)CC1)N[C@@H](c1ccc(F)cc1)c1cccs1. The van der Waals surface area contributed by atoms with E-state index in [0.717, 1.165) is 36.6 Å². The van der Waals surface area contributed by atoms with Crippen LogP contribution in [-0.2, 0) is 14.6 Å². The zero-order valence-electron chi connectivity index (χ0n) is 16.7. The van der Waals surface area contributed by atoms with Crippen LogP contribution in [0.1, 0.15) is 22.9 Å². The van der Waals surface area contributed by atoms with Crippen molar-refractivity contribution in [2.45, 2.75) is 18.5 Å². The Balaban J connectivity index is 1.33. The van der Waals surface area contributed by atoms with Gasteiger partial charge in [0.05, 0.1) is 24.1 Å². The molecule has 0 bridgehead atoms. The number of nitrogens with zero attached hydrogens (tertiary/aromatic N) is 2. The molecule has 0 unspecified atom stereocenters. The van der Waals surface area contributed by atoms with Gasteiger partial charge in [0.1, 0.15) is 5.82 Å². The van der Waals surface area contributed by atoms with Crippen LogP contribution in [-0.4, -0.2) is 74.4 Å². The van der Waals surface area contributed by atoms with E-state index in [0.29, 0.717) is 13.0 Å². The number of nitrogens with one attached hydrogen (secondary N) is 1. The van der Waals surface area contributed by atoms with Gasteiger partial charge >= 0.3 is 0 Å². The molecule has 0 radical (unpaired) electrons. The summed E-state index contributed by atoms with van der Waals surface area (Å²) in [5, 5.41) is 5.05. The Morgan fingerprint density at radius 1 is 1.17 bits per heavy atom. The van der Waals surface area contributed by atoms with Crippen LogP contribution in [0.2, 0.25) is 0 Å². The van der Waals surface area contributed by atoms with E-state index >= 15 is 0 Å². The summed E-state index contributed by atoms with van der Waals surface area (Å²) in [7, 11) is -2.88. The zero-order chi connectivity index (χ0) is 21.1. The highest BCUT2D eigenvalue weighted by molar-refractivity contribution is 7.91. The first-order chi connectivity index (χ1) is 14.4. The molecule has 2 aliphatic heterocycles. The third kappa shape index (κ3) is 5.26. The second-order valence-electron chi connectivity index (χ2n) is 7.94. The highest BCUT2D eigenvalue weighted by Gasteiger charge is 2.34. The monoisotopic (exact) mass is 451 g/mol. The minimum atomic E-state index is -2.88. The summed E-state index contributed by atoms with van der Waals surface area (Å²) in [6, 6.07) is 9.94. The van der Waals surface area contributed by atoms with Gasteiger partial charge < -0.3 is 5.32 Å². The fourth-order valence-electron chi connectivity index (χ4n) is 4.19. The maximum atomic E-state index is 13.3. The molecule has 1 aromatic carbocycles. The molecule has 2 aliphatic rings. The number of hydrogen-bond donors (Lipinski definition) is 1. The summed E-state index contributed by atoms with van der Waals surface area (Å²) < 4.78 is 36.8. The molecule has 4 rings (SSSR count). The lowest BCUT2D eigenvalue weighted by molar-refractivity contribution is -0.123. The Labute approximate surface area is 180 Å². The van der Waals surface area contributed by atoms with Crippen LogP contribution in [0.4, 0.5) is 4.39 Å². The molecular formula is C21H26FN3O3S2. The molecule has 2 fully saturated rings. The molecule has 2 aromatic rings. The third-order valence-corrected chi connectivity index (χ3v) is 8.52. The van der Waals surface area contributed by atoms with E-state index in [1.807, 2.05) is 17.5 Å². The number of thiophene rings is 1. The van der Waals surface area contributed by atoms with Gasteiger partial charge in [-0.15, -0.1) is 11.3 Å². The first-order valence-electron chi connectivity index (χ1n) is 10.1. The molecule has 0 saturated carbocycles. The van der Waals surface area contributed by atoms with Gasteiger partial charge in [-0.3, -0.25) is 14.6 Å². The van der Waals surface area contributed by atoms with Gasteiger partial charge in [0, 0.05) is 37.1 Å². The summed E-state index contributed by atoms with van der Waals surface area (Å²) in [5.74, 6) is 0.166. The van der Waals surface area contributed by atoms with Crippen LogP contribution in [0.3, 0.4) is 0 Å². The van der Waals surface area contributed by atoms with Gasteiger partial charge in [-0.1, -0.05) is 18.2 Å². The number of carbonyl (C=O) groups is 1. The number of halogens is 1. The van der Waals surface area contributed by atoms with Crippen molar-refractivity contribution in [3.05, 3.63) is 58.0 Å². The molecule has 6 nitrogen and oxygen atoms in total. The predicted molar refractivity (Wildman–Crippen MR) is 116 cm³/mol. The number of hydrogen-bond acceptors (Lipinski definition) is 6. The lowest BCUT2D eigenvalue weighted by Crippen LogP contribution is -2.52. The van der Waals surface area contributed by atoms with Crippen LogP contribution < -0.4 is 5.32 Å². The zero-order valence-corrected chi connectivity index (χ0v) is 18.3. The van der Waals surface area contributed by atoms with Crippen molar-refractivity contribution in [1.29, 1.82) is 0 Å². The topological polar surface area (TPSA) is 69.7 Å². The number of carbonyl (C=O) groups excluding carboxylic acids is 1. The van der Waals surface area contributed by atoms with Crippen molar-refractivity contribution in [3.63, 3.8) is 0 Å². The Kier molecular flexibility index (Phi) is 6.52. The summed E-state index contributed by atoms with van der Waals surface area (Å²) in [4.78, 5) is 18.1. The van der Waals surface area contributed by atoms with E-state index in [9.17, 15) is 17.6 Å². The van der Waals surface area contributed by atoms with E-state index in [1.54, 1.807) is 23.5 Å². The molecule has 3 heterocycles. The van der Waals surface area contributed by atoms with Gasteiger partial charge in [0.25, 0.3) is 0 Å². The molecular weight excluding hydrogens is 425 g/mol. The number of rotatable bonds is 6. The van der Waals surface area contributed by atoms with Crippen molar-refractivity contribution in [3.8, 4) is 0 Å². The first kappa shape index (κ1) is 21.4. The van der Waals surface area contributed by atoms with Crippen LogP contribution in [0.5, 0.6) is 0 Å². The van der Waals surface area contributed by atoms with Gasteiger partial charge in [-0.25, -0.2) is 12.8 Å². The Morgan fingerprint density at radius 2 is 1.90 bits per heavy atom. The maximum Gasteiger partial charge on any atom is 0.234 e. The lowest BCUT2D eigenvalue weighted by atomic mass is 10.1. The third-order valence-electron chi connectivity index (χ3n) is 5.84. The minimum absolute atomic E-state index is 0.0744. The first-order valence-corrected chi connectivity index (χ1v) is 12.8. The average molecular weight is 452 g/mol. The average Bonchev–Trinajstić information content (AvgIpc) is 3.37. The van der Waals surface area contributed by atoms with E-state index in [-0.39, 0.29) is 35.3 Å². The molecule has 0 spiro atoms. The van der Waals surface area contributed by atoms with Crippen molar-refractivity contribution >= 4 is 27.1 Å². The Hall–Kier alpha value is -1.81. The molecule has 1 aromatic heterocycles. The van der Waals surface area contributed by atoms with E-state index < -0.39 is 9.84 Å². The molecule has 2 atom stereocenters. The van der Waals surface area contributed by atoms with Crippen molar-refractivity contribution in [1.82, 2.24) is 15.1 Å². The second-order valence-corrected chi connectivity index (χ2v) is 11.1. The summed E-state index contributed by atoms with van der Waals surface area (Å²) in [6.07, 6.45) is 0.711. The lowest BCUT2D eigenvalue weighted by Gasteiger charge is -2.37. The van der Waals surface area contributed by atoms with Crippen LogP contribution in [0.25, 0.3) is 0 Å². The van der Waals surface area contributed by atoms with Crippen LogP contribution >= 0.6 is 11.3 Å². The predicted octanol–water partition coefficient (Wildman–Crippen LogP) is 1.90. The van der Waals surface area contributed by atoms with E-state index in [1.165, 1.54) is 12.1 Å². The Morgan fingerprint density at radius 3 is 2.50 bits per heavy atom. The van der Waals surface area contributed by atoms with Gasteiger partial charge in [-0.2, -0.15) is 0 Å². The second kappa shape index (κ2) is 9.13. The molecule has 0 aliphatic carbocycles. The number of sulfone groups is 1. The fourth-order valence-corrected chi connectivity index (χ4v) is 6.75.